The van der Waals surface area contributed by atoms with Crippen LogP contribution in [0.25, 0.3) is 0 Å². The summed E-state index contributed by atoms with van der Waals surface area (Å²) in [5.74, 6) is 0. The van der Waals surface area contributed by atoms with Crippen LogP contribution in [0.2, 0.25) is 0 Å². The molecular formula is C16H25NO2. The molecule has 106 valence electrons. The van der Waals surface area contributed by atoms with Crippen LogP contribution in [0.15, 0.2) is 18.2 Å². The number of rotatable bonds is 6. The Hall–Kier alpha value is -0.900. The second-order valence-electron chi connectivity index (χ2n) is 5.35. The van der Waals surface area contributed by atoms with Gasteiger partial charge in [-0.25, -0.2) is 0 Å². The molecule has 1 fully saturated rings. The molecule has 1 aromatic rings. The van der Waals surface area contributed by atoms with Gasteiger partial charge in [-0.3, -0.25) is 0 Å². The fourth-order valence-electron chi connectivity index (χ4n) is 2.61. The lowest BCUT2D eigenvalue weighted by molar-refractivity contribution is 0.0299. The molecule has 2 atom stereocenters. The van der Waals surface area contributed by atoms with Crippen molar-refractivity contribution in [1.82, 2.24) is 5.32 Å². The topological polar surface area (TPSA) is 30.5 Å². The summed E-state index contributed by atoms with van der Waals surface area (Å²) >= 11 is 0. The lowest BCUT2D eigenvalue weighted by Crippen LogP contribution is -2.28. The Kier molecular flexibility index (Phi) is 5.37. The minimum absolute atomic E-state index is 0.268. The average molecular weight is 263 g/mol. The van der Waals surface area contributed by atoms with Crippen molar-refractivity contribution in [2.45, 2.75) is 39.3 Å². The number of hydrogen-bond acceptors (Lipinski definition) is 3. The predicted molar refractivity (Wildman–Crippen MR) is 77.5 cm³/mol. The molecule has 1 heterocycles. The molecular weight excluding hydrogens is 238 g/mol. The third-order valence-corrected chi connectivity index (χ3v) is 3.48. The number of likely N-dealkylation sites (N-methyl/N-ethyl adjacent to an activating group) is 1. The molecule has 0 radical (unpaired) electrons. The molecule has 0 saturated carbocycles. The summed E-state index contributed by atoms with van der Waals surface area (Å²) in [5, 5.41) is 3.51. The summed E-state index contributed by atoms with van der Waals surface area (Å²) in [6.07, 6.45) is 1.29. The largest absolute Gasteiger partial charge is 0.379 e. The standard InChI is InChI=1S/C16H25NO2/c1-4-17-16(11-19-15-5-6-18-10-15)14-8-12(2)7-13(3)9-14/h7-9,15-17H,4-6,10-11H2,1-3H3. The van der Waals surface area contributed by atoms with Crippen molar-refractivity contribution in [3.63, 3.8) is 0 Å². The molecule has 1 aliphatic heterocycles. The molecule has 0 amide bonds. The summed E-state index contributed by atoms with van der Waals surface area (Å²) < 4.78 is 11.3. The number of ether oxygens (including phenoxy) is 2. The van der Waals surface area contributed by atoms with Crippen LogP contribution in [-0.2, 0) is 9.47 Å². The second kappa shape index (κ2) is 7.04. The molecule has 1 aliphatic rings. The molecule has 3 nitrogen and oxygen atoms in total. The highest BCUT2D eigenvalue weighted by atomic mass is 16.5. The Balaban J connectivity index is 2.00. The highest BCUT2D eigenvalue weighted by Crippen LogP contribution is 2.19. The van der Waals surface area contributed by atoms with E-state index in [9.17, 15) is 0 Å². The molecule has 1 saturated heterocycles. The van der Waals surface area contributed by atoms with E-state index >= 15 is 0 Å². The van der Waals surface area contributed by atoms with Crippen LogP contribution in [-0.4, -0.2) is 32.5 Å². The molecule has 2 unspecified atom stereocenters. The normalized spacial score (nSPS) is 20.7. The first-order valence-electron chi connectivity index (χ1n) is 7.20. The maximum Gasteiger partial charge on any atom is 0.0831 e. The Morgan fingerprint density at radius 1 is 1.32 bits per heavy atom. The first-order valence-corrected chi connectivity index (χ1v) is 7.20. The van der Waals surface area contributed by atoms with Gasteiger partial charge in [-0.15, -0.1) is 0 Å². The van der Waals surface area contributed by atoms with Crippen molar-refractivity contribution in [3.05, 3.63) is 34.9 Å². The van der Waals surface area contributed by atoms with Gasteiger partial charge in [-0.2, -0.15) is 0 Å². The van der Waals surface area contributed by atoms with Gasteiger partial charge in [-0.05, 0) is 32.4 Å². The van der Waals surface area contributed by atoms with Crippen LogP contribution in [0.4, 0.5) is 0 Å². The van der Waals surface area contributed by atoms with E-state index in [0.29, 0.717) is 6.61 Å². The van der Waals surface area contributed by atoms with Gasteiger partial charge in [0.2, 0.25) is 0 Å². The molecule has 0 aliphatic carbocycles. The lowest BCUT2D eigenvalue weighted by atomic mass is 10.0. The summed E-state index contributed by atoms with van der Waals surface area (Å²) in [6, 6.07) is 6.96. The van der Waals surface area contributed by atoms with Crippen molar-refractivity contribution >= 4 is 0 Å². The van der Waals surface area contributed by atoms with E-state index in [-0.39, 0.29) is 12.1 Å². The fourth-order valence-corrected chi connectivity index (χ4v) is 2.61. The Morgan fingerprint density at radius 2 is 2.05 bits per heavy atom. The van der Waals surface area contributed by atoms with E-state index < -0.39 is 0 Å². The molecule has 0 aromatic heterocycles. The Bertz CT molecular complexity index is 379. The van der Waals surface area contributed by atoms with Crippen molar-refractivity contribution < 1.29 is 9.47 Å². The minimum atomic E-state index is 0.268. The van der Waals surface area contributed by atoms with Crippen molar-refractivity contribution in [3.8, 4) is 0 Å². The third-order valence-electron chi connectivity index (χ3n) is 3.48. The van der Waals surface area contributed by atoms with Crippen molar-refractivity contribution in [1.29, 1.82) is 0 Å². The van der Waals surface area contributed by atoms with Crippen LogP contribution >= 0.6 is 0 Å². The molecule has 0 bridgehead atoms. The monoisotopic (exact) mass is 263 g/mol. The van der Waals surface area contributed by atoms with Gasteiger partial charge in [0.1, 0.15) is 0 Å². The fraction of sp³-hybridized carbons (Fsp3) is 0.625. The molecule has 1 aromatic carbocycles. The van der Waals surface area contributed by atoms with Gasteiger partial charge in [-0.1, -0.05) is 36.2 Å². The van der Waals surface area contributed by atoms with Gasteiger partial charge in [0.25, 0.3) is 0 Å². The molecule has 0 spiro atoms. The van der Waals surface area contributed by atoms with Gasteiger partial charge in [0.05, 0.1) is 25.4 Å². The van der Waals surface area contributed by atoms with E-state index in [0.717, 1.165) is 26.2 Å². The number of hydrogen-bond donors (Lipinski definition) is 1. The Labute approximate surface area is 116 Å². The lowest BCUT2D eigenvalue weighted by Gasteiger charge is -2.21. The zero-order valence-electron chi connectivity index (χ0n) is 12.2. The first-order chi connectivity index (χ1) is 9.19. The maximum absolute atomic E-state index is 5.96. The van der Waals surface area contributed by atoms with E-state index in [1.54, 1.807) is 0 Å². The van der Waals surface area contributed by atoms with Crippen molar-refractivity contribution in [2.75, 3.05) is 26.4 Å². The average Bonchev–Trinajstić information content (AvgIpc) is 2.86. The molecule has 3 heteroatoms. The minimum Gasteiger partial charge on any atom is -0.379 e. The van der Waals surface area contributed by atoms with Gasteiger partial charge in [0, 0.05) is 6.61 Å². The SMILES string of the molecule is CCNC(COC1CCOC1)c1cc(C)cc(C)c1. The van der Waals surface area contributed by atoms with Gasteiger partial charge >= 0.3 is 0 Å². The van der Waals surface area contributed by atoms with E-state index in [1.165, 1.54) is 16.7 Å². The van der Waals surface area contributed by atoms with E-state index in [4.69, 9.17) is 9.47 Å². The number of nitrogens with one attached hydrogen (secondary N) is 1. The zero-order valence-corrected chi connectivity index (χ0v) is 12.2. The smallest absolute Gasteiger partial charge is 0.0831 e. The summed E-state index contributed by atoms with van der Waals surface area (Å²) in [4.78, 5) is 0. The van der Waals surface area contributed by atoms with Crippen LogP contribution in [0.1, 0.15) is 36.1 Å². The predicted octanol–water partition coefficient (Wildman–Crippen LogP) is 2.76. The summed E-state index contributed by atoms with van der Waals surface area (Å²) in [5.41, 5.74) is 3.93. The third kappa shape index (κ3) is 4.30. The Morgan fingerprint density at radius 3 is 2.63 bits per heavy atom. The van der Waals surface area contributed by atoms with Gasteiger partial charge in [0.15, 0.2) is 0 Å². The van der Waals surface area contributed by atoms with Gasteiger partial charge < -0.3 is 14.8 Å². The highest BCUT2D eigenvalue weighted by Gasteiger charge is 2.19. The second-order valence-corrected chi connectivity index (χ2v) is 5.35. The highest BCUT2D eigenvalue weighted by molar-refractivity contribution is 5.30. The van der Waals surface area contributed by atoms with Crippen LogP contribution in [0.5, 0.6) is 0 Å². The number of benzene rings is 1. The quantitative estimate of drug-likeness (QED) is 0.856. The molecule has 19 heavy (non-hydrogen) atoms. The molecule has 1 N–H and O–H groups in total. The van der Waals surface area contributed by atoms with Crippen LogP contribution in [0.3, 0.4) is 0 Å². The van der Waals surface area contributed by atoms with E-state index in [1.807, 2.05) is 0 Å². The maximum atomic E-state index is 5.96. The van der Waals surface area contributed by atoms with E-state index in [2.05, 4.69) is 44.3 Å². The number of aryl methyl sites for hydroxylation is 2. The van der Waals surface area contributed by atoms with Crippen LogP contribution < -0.4 is 5.32 Å². The first kappa shape index (κ1) is 14.5. The zero-order chi connectivity index (χ0) is 13.7. The van der Waals surface area contributed by atoms with Crippen molar-refractivity contribution in [2.24, 2.45) is 0 Å². The summed E-state index contributed by atoms with van der Waals surface area (Å²) in [6.45, 7) is 9.66. The van der Waals surface area contributed by atoms with Crippen LogP contribution in [0, 0.1) is 13.8 Å². The molecule has 2 rings (SSSR count). The summed E-state index contributed by atoms with van der Waals surface area (Å²) in [7, 11) is 0.